The van der Waals surface area contributed by atoms with E-state index in [0.717, 1.165) is 10.8 Å². The number of carbonyl (C=O) groups excluding carboxylic acids is 1. The Morgan fingerprint density at radius 2 is 1.71 bits per heavy atom. The van der Waals surface area contributed by atoms with Crippen LogP contribution in [0, 0.1) is 0 Å². The van der Waals surface area contributed by atoms with E-state index in [0.29, 0.717) is 0 Å². The van der Waals surface area contributed by atoms with Crippen molar-refractivity contribution in [3.05, 3.63) is 59.9 Å². The van der Waals surface area contributed by atoms with Crippen LogP contribution in [0.5, 0.6) is 5.75 Å². The highest BCUT2D eigenvalue weighted by Gasteiger charge is 2.38. The topological polar surface area (TPSA) is 140 Å². The average molecular weight is 620 g/mol. The number of halogens is 3. The van der Waals surface area contributed by atoms with Gasteiger partial charge in [-0.05, 0) is 36.4 Å². The summed E-state index contributed by atoms with van der Waals surface area (Å²) in [5.41, 5.74) is -1.02. The largest absolute Gasteiger partial charge is 0.489 e. The van der Waals surface area contributed by atoms with E-state index in [4.69, 9.17) is 9.47 Å². The number of piperazine rings is 1. The second-order valence-electron chi connectivity index (χ2n) is 9.20. The van der Waals surface area contributed by atoms with Crippen LogP contribution < -0.4 is 9.46 Å². The number of nitrogens with one attached hydrogen (secondary N) is 1. The number of hydrogen-bond donors (Lipinski definition) is 1. The minimum absolute atomic E-state index is 0.128. The Morgan fingerprint density at radius 3 is 2.29 bits per heavy atom. The number of ether oxygens (including phenoxy) is 2. The Hall–Kier alpha value is -3.25. The summed E-state index contributed by atoms with van der Waals surface area (Å²) < 4.78 is 105. The summed E-state index contributed by atoms with van der Waals surface area (Å²) in [5.74, 6) is -0.557. The molecule has 41 heavy (non-hydrogen) atoms. The molecule has 0 aliphatic carbocycles. The lowest BCUT2D eigenvalue weighted by Gasteiger charge is -2.36. The molecule has 1 aliphatic heterocycles. The van der Waals surface area contributed by atoms with Gasteiger partial charge in [0.25, 0.3) is 0 Å². The summed E-state index contributed by atoms with van der Waals surface area (Å²) in [5, 5.41) is 3.60. The molecule has 2 aromatic heterocycles. The molecule has 1 atom stereocenters. The van der Waals surface area contributed by atoms with E-state index < -0.39 is 50.5 Å². The lowest BCUT2D eigenvalue weighted by Crippen LogP contribution is -2.56. The Morgan fingerprint density at radius 1 is 1.05 bits per heavy atom. The van der Waals surface area contributed by atoms with Gasteiger partial charge in [-0.25, -0.2) is 26.1 Å². The first-order valence-corrected chi connectivity index (χ1v) is 15.6. The molecular formula is C24H28F3N5O7S2. The average Bonchev–Trinajstić information content (AvgIpc) is 3.31. The molecule has 17 heteroatoms. The number of aromatic nitrogens is 2. The summed E-state index contributed by atoms with van der Waals surface area (Å²) in [6, 6.07) is 8.65. The van der Waals surface area contributed by atoms with Crippen molar-refractivity contribution >= 4 is 31.5 Å². The second kappa shape index (κ2) is 11.9. The van der Waals surface area contributed by atoms with Crippen LogP contribution in [-0.4, -0.2) is 93.8 Å². The maximum absolute atomic E-state index is 13.5. The van der Waals surface area contributed by atoms with Crippen molar-refractivity contribution in [3.8, 4) is 5.75 Å². The van der Waals surface area contributed by atoms with Gasteiger partial charge in [-0.1, -0.05) is 6.07 Å². The van der Waals surface area contributed by atoms with Gasteiger partial charge >= 0.3 is 12.1 Å². The zero-order chi connectivity index (χ0) is 30.0. The number of alkyl halides is 3. The predicted molar refractivity (Wildman–Crippen MR) is 140 cm³/mol. The molecule has 1 aromatic carbocycles. The van der Waals surface area contributed by atoms with E-state index in [9.17, 15) is 34.8 Å². The van der Waals surface area contributed by atoms with Crippen LogP contribution in [0.15, 0.2) is 53.6 Å². The van der Waals surface area contributed by atoms with E-state index in [1.165, 1.54) is 47.9 Å². The molecule has 224 valence electrons. The molecule has 1 saturated heterocycles. The number of hydrogen-bond acceptors (Lipinski definition) is 9. The van der Waals surface area contributed by atoms with Crippen LogP contribution in [0.3, 0.4) is 0 Å². The third-order valence-electron chi connectivity index (χ3n) is 6.55. The number of rotatable bonds is 10. The number of carbonyl (C=O) groups is 1. The van der Waals surface area contributed by atoms with E-state index in [1.54, 1.807) is 17.0 Å². The zero-order valence-electron chi connectivity index (χ0n) is 22.0. The maximum atomic E-state index is 13.5. The minimum atomic E-state index is -4.70. The van der Waals surface area contributed by atoms with Gasteiger partial charge in [-0.3, -0.25) is 9.69 Å². The Labute approximate surface area is 234 Å². The lowest BCUT2D eigenvalue weighted by molar-refractivity contribution is -0.147. The first kappa shape index (κ1) is 30.7. The van der Waals surface area contributed by atoms with Crippen molar-refractivity contribution in [2.24, 2.45) is 0 Å². The highest BCUT2D eigenvalue weighted by Crippen LogP contribution is 2.33. The molecule has 1 fully saturated rings. The van der Waals surface area contributed by atoms with Crippen LogP contribution in [0.4, 0.5) is 13.2 Å². The van der Waals surface area contributed by atoms with Crippen molar-refractivity contribution in [3.63, 3.8) is 0 Å². The van der Waals surface area contributed by atoms with Crippen LogP contribution in [0.2, 0.25) is 0 Å². The van der Waals surface area contributed by atoms with E-state index in [-0.39, 0.29) is 54.4 Å². The Balaban J connectivity index is 1.42. The Bertz CT molecular complexity index is 1600. The minimum Gasteiger partial charge on any atom is -0.489 e. The molecule has 3 aromatic rings. The standard InChI is InChI=1S/C24H28F3N5O7S2/c1-38-23(33)21(30-11-13-31(14-12-30)40(2,34)35)15-28-41(36,37)18-8-6-17(7-9-18)39-16-19-20-5-3-4-10-32(20)29-22(19)24(25,26)27/h3-10,21,28H,11-16H2,1-2H3. The molecule has 1 unspecified atom stereocenters. The van der Waals surface area contributed by atoms with Gasteiger partial charge in [0, 0.05) is 44.5 Å². The summed E-state index contributed by atoms with van der Waals surface area (Å²) >= 11 is 0. The van der Waals surface area contributed by atoms with Crippen molar-refractivity contribution < 1.29 is 44.3 Å². The molecular weight excluding hydrogens is 591 g/mol. The second-order valence-corrected chi connectivity index (χ2v) is 13.0. The number of methoxy groups -OCH3 is 1. The summed E-state index contributed by atoms with van der Waals surface area (Å²) in [7, 11) is -6.34. The van der Waals surface area contributed by atoms with Gasteiger partial charge < -0.3 is 9.47 Å². The molecule has 4 rings (SSSR count). The van der Waals surface area contributed by atoms with Gasteiger partial charge in [0.15, 0.2) is 5.69 Å². The molecule has 1 N–H and O–H groups in total. The molecule has 3 heterocycles. The van der Waals surface area contributed by atoms with Crippen molar-refractivity contribution in [2.75, 3.05) is 46.1 Å². The summed E-state index contributed by atoms with van der Waals surface area (Å²) in [6.07, 6.45) is -2.22. The number of pyridine rings is 1. The van der Waals surface area contributed by atoms with Crippen molar-refractivity contribution in [2.45, 2.75) is 23.7 Å². The molecule has 0 amide bonds. The summed E-state index contributed by atoms with van der Waals surface area (Å²) in [4.78, 5) is 13.9. The van der Waals surface area contributed by atoms with Crippen LogP contribution in [0.25, 0.3) is 5.52 Å². The van der Waals surface area contributed by atoms with Crippen molar-refractivity contribution in [1.82, 2.24) is 23.5 Å². The Kier molecular flexibility index (Phi) is 8.93. The third kappa shape index (κ3) is 7.16. The highest BCUT2D eigenvalue weighted by atomic mass is 32.2. The fourth-order valence-corrected chi connectivity index (χ4v) is 6.27. The van der Waals surface area contributed by atoms with Crippen LogP contribution in [-0.2, 0) is 42.4 Å². The number of esters is 1. The molecule has 1 aliphatic rings. The maximum Gasteiger partial charge on any atom is 0.435 e. The van der Waals surface area contributed by atoms with Crippen molar-refractivity contribution in [1.29, 1.82) is 0 Å². The van der Waals surface area contributed by atoms with Crippen LogP contribution in [0.1, 0.15) is 11.3 Å². The third-order valence-corrected chi connectivity index (χ3v) is 9.29. The smallest absolute Gasteiger partial charge is 0.435 e. The van der Waals surface area contributed by atoms with E-state index in [2.05, 4.69) is 9.82 Å². The molecule has 0 bridgehead atoms. The van der Waals surface area contributed by atoms with E-state index >= 15 is 0 Å². The van der Waals surface area contributed by atoms with Crippen LogP contribution >= 0.6 is 0 Å². The van der Waals surface area contributed by atoms with Gasteiger partial charge in [0.1, 0.15) is 18.4 Å². The lowest BCUT2D eigenvalue weighted by atomic mass is 10.2. The fourth-order valence-electron chi connectivity index (χ4n) is 4.41. The zero-order valence-corrected chi connectivity index (χ0v) is 23.7. The van der Waals surface area contributed by atoms with E-state index in [1.807, 2.05) is 0 Å². The molecule has 0 spiro atoms. The first-order valence-electron chi connectivity index (χ1n) is 12.2. The first-order chi connectivity index (χ1) is 19.2. The van der Waals surface area contributed by atoms with Gasteiger partial charge in [-0.2, -0.15) is 22.6 Å². The monoisotopic (exact) mass is 619 g/mol. The fraction of sp³-hybridized carbons (Fsp3) is 0.417. The predicted octanol–water partition coefficient (Wildman–Crippen LogP) is 1.33. The van der Waals surface area contributed by atoms with Gasteiger partial charge in [0.05, 0.1) is 23.8 Å². The van der Waals surface area contributed by atoms with Gasteiger partial charge in [0.2, 0.25) is 20.0 Å². The SMILES string of the molecule is COC(=O)C(CNS(=O)(=O)c1ccc(OCc2c(C(F)(F)F)nn3ccccc23)cc1)N1CCN(S(C)(=O)=O)CC1. The molecule has 12 nitrogen and oxygen atoms in total. The number of sulfonamides is 2. The number of fused-ring (bicyclic) bond motifs is 1. The quantitative estimate of drug-likeness (QED) is 0.333. The van der Waals surface area contributed by atoms with Gasteiger partial charge in [-0.15, -0.1) is 0 Å². The normalized spacial score (nSPS) is 16.5. The molecule has 0 saturated carbocycles. The number of nitrogens with zero attached hydrogens (tertiary/aromatic N) is 4. The highest BCUT2D eigenvalue weighted by molar-refractivity contribution is 7.89. The number of benzene rings is 1. The molecule has 0 radical (unpaired) electrons. The summed E-state index contributed by atoms with van der Waals surface area (Å²) in [6.45, 7) is -0.117.